The van der Waals surface area contributed by atoms with Crippen LogP contribution in [0.3, 0.4) is 0 Å². The summed E-state index contributed by atoms with van der Waals surface area (Å²) in [5, 5.41) is 3.35. The van der Waals surface area contributed by atoms with Gasteiger partial charge >= 0.3 is 0 Å². The van der Waals surface area contributed by atoms with Gasteiger partial charge in [-0.1, -0.05) is 19.9 Å². The minimum Gasteiger partial charge on any atom is -0.486 e. The molecule has 0 saturated heterocycles. The number of hydrogen-bond acceptors (Lipinski definition) is 4. The van der Waals surface area contributed by atoms with Crippen molar-refractivity contribution in [3.8, 4) is 5.75 Å². The summed E-state index contributed by atoms with van der Waals surface area (Å²) < 4.78 is 6.58. The number of aromatic nitrogens is 2. The average Bonchev–Trinajstić information content (AvgIpc) is 2.43. The highest BCUT2D eigenvalue weighted by molar-refractivity contribution is 9.10. The number of nitrogens with zero attached hydrogens (tertiary/aromatic N) is 2. The largest absolute Gasteiger partial charge is 0.486 e. The summed E-state index contributed by atoms with van der Waals surface area (Å²) in [6.07, 6.45) is 3.41. The molecule has 0 radical (unpaired) electrons. The lowest BCUT2D eigenvalue weighted by Crippen LogP contribution is -2.22. The Labute approximate surface area is 127 Å². The molecule has 2 rings (SSSR count). The zero-order valence-electron chi connectivity index (χ0n) is 11.6. The van der Waals surface area contributed by atoms with Gasteiger partial charge in [0.05, 0.1) is 17.6 Å². The predicted octanol–water partition coefficient (Wildman–Crippen LogP) is 3.32. The SMILES string of the molecule is CC(C)NCc1cccc(COc2cncc(Br)c2)n1. The van der Waals surface area contributed by atoms with Crippen LogP contribution in [0.1, 0.15) is 25.2 Å². The molecule has 2 heterocycles. The molecule has 2 aromatic rings. The van der Waals surface area contributed by atoms with Crippen LogP contribution in [0, 0.1) is 0 Å². The summed E-state index contributed by atoms with van der Waals surface area (Å²) in [6.45, 7) is 5.44. The Morgan fingerprint density at radius 3 is 2.80 bits per heavy atom. The fourth-order valence-corrected chi connectivity index (χ4v) is 1.99. The van der Waals surface area contributed by atoms with E-state index in [0.717, 1.165) is 28.2 Å². The van der Waals surface area contributed by atoms with Crippen molar-refractivity contribution < 1.29 is 4.74 Å². The molecule has 4 nitrogen and oxygen atoms in total. The van der Waals surface area contributed by atoms with Crippen molar-refractivity contribution in [3.05, 3.63) is 52.5 Å². The quantitative estimate of drug-likeness (QED) is 0.879. The van der Waals surface area contributed by atoms with E-state index in [9.17, 15) is 0 Å². The van der Waals surface area contributed by atoms with Crippen LogP contribution >= 0.6 is 15.9 Å². The van der Waals surface area contributed by atoms with Gasteiger partial charge in [0, 0.05) is 23.3 Å². The Morgan fingerprint density at radius 1 is 1.25 bits per heavy atom. The normalized spacial score (nSPS) is 10.8. The third kappa shape index (κ3) is 4.90. The van der Waals surface area contributed by atoms with Gasteiger partial charge in [0.2, 0.25) is 0 Å². The molecule has 0 fully saturated rings. The molecule has 0 aromatic carbocycles. The maximum atomic E-state index is 5.68. The lowest BCUT2D eigenvalue weighted by molar-refractivity contribution is 0.299. The fourth-order valence-electron chi connectivity index (χ4n) is 1.65. The van der Waals surface area contributed by atoms with Gasteiger partial charge < -0.3 is 10.1 Å². The number of pyridine rings is 2. The second-order valence-electron chi connectivity index (χ2n) is 4.78. The number of nitrogens with one attached hydrogen (secondary N) is 1. The molecule has 0 spiro atoms. The van der Waals surface area contributed by atoms with Gasteiger partial charge in [-0.25, -0.2) is 0 Å². The van der Waals surface area contributed by atoms with E-state index >= 15 is 0 Å². The molecule has 2 aromatic heterocycles. The van der Waals surface area contributed by atoms with Crippen LogP contribution in [0.4, 0.5) is 0 Å². The standard InChI is InChI=1S/C15H18BrN3O/c1-11(2)18-8-13-4-3-5-14(19-13)10-20-15-6-12(16)7-17-9-15/h3-7,9,11,18H,8,10H2,1-2H3. The van der Waals surface area contributed by atoms with Crippen molar-refractivity contribution in [1.29, 1.82) is 0 Å². The van der Waals surface area contributed by atoms with E-state index in [1.165, 1.54) is 0 Å². The molecule has 106 valence electrons. The Kier molecular flexibility index (Phi) is 5.49. The highest BCUT2D eigenvalue weighted by Gasteiger charge is 2.01. The van der Waals surface area contributed by atoms with E-state index in [1.807, 2.05) is 24.3 Å². The molecule has 0 aliphatic rings. The van der Waals surface area contributed by atoms with Gasteiger partial charge in [0.25, 0.3) is 0 Å². The van der Waals surface area contributed by atoms with Gasteiger partial charge in [-0.05, 0) is 34.1 Å². The molecule has 0 amide bonds. The first-order chi connectivity index (χ1) is 9.63. The van der Waals surface area contributed by atoms with Crippen molar-refractivity contribution in [2.45, 2.75) is 33.0 Å². The van der Waals surface area contributed by atoms with Crippen LogP contribution in [-0.4, -0.2) is 16.0 Å². The first-order valence-electron chi connectivity index (χ1n) is 6.55. The number of halogens is 1. The highest BCUT2D eigenvalue weighted by atomic mass is 79.9. The van der Waals surface area contributed by atoms with Crippen molar-refractivity contribution in [3.63, 3.8) is 0 Å². The lowest BCUT2D eigenvalue weighted by Gasteiger charge is -2.09. The van der Waals surface area contributed by atoms with E-state index in [1.54, 1.807) is 12.4 Å². The highest BCUT2D eigenvalue weighted by Crippen LogP contribution is 2.16. The molecular weight excluding hydrogens is 318 g/mol. The van der Waals surface area contributed by atoms with Crippen LogP contribution in [0.15, 0.2) is 41.1 Å². The van der Waals surface area contributed by atoms with E-state index in [-0.39, 0.29) is 0 Å². The molecule has 0 aliphatic heterocycles. The van der Waals surface area contributed by atoms with Gasteiger partial charge in [-0.3, -0.25) is 9.97 Å². The summed E-state index contributed by atoms with van der Waals surface area (Å²) in [7, 11) is 0. The van der Waals surface area contributed by atoms with Crippen molar-refractivity contribution in [1.82, 2.24) is 15.3 Å². The van der Waals surface area contributed by atoms with Crippen molar-refractivity contribution in [2.24, 2.45) is 0 Å². The number of rotatable bonds is 6. The molecule has 0 atom stereocenters. The van der Waals surface area contributed by atoms with Crippen molar-refractivity contribution >= 4 is 15.9 Å². The third-order valence-electron chi connectivity index (χ3n) is 2.62. The molecule has 0 saturated carbocycles. The third-order valence-corrected chi connectivity index (χ3v) is 3.06. The molecule has 1 N–H and O–H groups in total. The number of hydrogen-bond donors (Lipinski definition) is 1. The maximum absolute atomic E-state index is 5.68. The minimum atomic E-state index is 0.438. The van der Waals surface area contributed by atoms with Gasteiger partial charge in [-0.2, -0.15) is 0 Å². The molecular formula is C15H18BrN3O. The van der Waals surface area contributed by atoms with Gasteiger partial charge in [-0.15, -0.1) is 0 Å². The Morgan fingerprint density at radius 2 is 2.05 bits per heavy atom. The van der Waals surface area contributed by atoms with E-state index < -0.39 is 0 Å². The van der Waals surface area contributed by atoms with Crippen molar-refractivity contribution in [2.75, 3.05) is 0 Å². The van der Waals surface area contributed by atoms with Crippen LogP contribution < -0.4 is 10.1 Å². The van der Waals surface area contributed by atoms with Crippen LogP contribution in [0.25, 0.3) is 0 Å². The average molecular weight is 336 g/mol. The second-order valence-corrected chi connectivity index (χ2v) is 5.70. The smallest absolute Gasteiger partial charge is 0.139 e. The van der Waals surface area contributed by atoms with Crippen LogP contribution in [-0.2, 0) is 13.2 Å². The Balaban J connectivity index is 1.94. The minimum absolute atomic E-state index is 0.438. The second kappa shape index (κ2) is 7.36. The van der Waals surface area contributed by atoms with E-state index in [2.05, 4.69) is 45.1 Å². The van der Waals surface area contributed by atoms with E-state index in [4.69, 9.17) is 4.74 Å². The summed E-state index contributed by atoms with van der Waals surface area (Å²) in [5.74, 6) is 0.729. The summed E-state index contributed by atoms with van der Waals surface area (Å²) in [6, 6.07) is 8.31. The topological polar surface area (TPSA) is 47.0 Å². The van der Waals surface area contributed by atoms with Crippen LogP contribution in [0.5, 0.6) is 5.75 Å². The first kappa shape index (κ1) is 14.9. The van der Waals surface area contributed by atoms with Gasteiger partial charge in [0.1, 0.15) is 12.4 Å². The van der Waals surface area contributed by atoms with E-state index in [0.29, 0.717) is 12.6 Å². The summed E-state index contributed by atoms with van der Waals surface area (Å²) in [5.41, 5.74) is 1.93. The molecule has 0 bridgehead atoms. The summed E-state index contributed by atoms with van der Waals surface area (Å²) >= 11 is 3.37. The predicted molar refractivity (Wildman–Crippen MR) is 82.5 cm³/mol. The molecule has 0 unspecified atom stereocenters. The number of ether oxygens (including phenoxy) is 1. The Bertz CT molecular complexity index is 560. The fraction of sp³-hybridized carbons (Fsp3) is 0.333. The first-order valence-corrected chi connectivity index (χ1v) is 7.34. The van der Waals surface area contributed by atoms with Crippen LogP contribution in [0.2, 0.25) is 0 Å². The molecule has 0 aliphatic carbocycles. The lowest BCUT2D eigenvalue weighted by atomic mass is 10.3. The molecule has 20 heavy (non-hydrogen) atoms. The zero-order valence-corrected chi connectivity index (χ0v) is 13.2. The van der Waals surface area contributed by atoms with Gasteiger partial charge in [0.15, 0.2) is 0 Å². The molecule has 5 heteroatoms. The summed E-state index contributed by atoms with van der Waals surface area (Å²) in [4.78, 5) is 8.62. The Hall–Kier alpha value is -1.46. The maximum Gasteiger partial charge on any atom is 0.139 e. The monoisotopic (exact) mass is 335 g/mol. The zero-order chi connectivity index (χ0) is 14.4.